The zero-order chi connectivity index (χ0) is 14.4. The Morgan fingerprint density at radius 3 is 2.38 bits per heavy atom. The number of benzene rings is 1. The predicted molar refractivity (Wildman–Crippen MR) is 87.7 cm³/mol. The fourth-order valence-electron chi connectivity index (χ4n) is 2.21. The van der Waals surface area contributed by atoms with Crippen molar-refractivity contribution in [3.8, 4) is 5.75 Å². The van der Waals surface area contributed by atoms with Crippen molar-refractivity contribution in [2.75, 3.05) is 45.2 Å². The van der Waals surface area contributed by atoms with Gasteiger partial charge < -0.3 is 9.64 Å². The van der Waals surface area contributed by atoms with E-state index >= 15 is 0 Å². The van der Waals surface area contributed by atoms with Crippen LogP contribution in [0.4, 0.5) is 0 Å². The van der Waals surface area contributed by atoms with E-state index in [0.29, 0.717) is 5.88 Å². The van der Waals surface area contributed by atoms with Crippen LogP contribution < -0.4 is 4.74 Å². The van der Waals surface area contributed by atoms with Crippen LogP contribution in [0.25, 0.3) is 0 Å². The molecule has 0 radical (unpaired) electrons. The number of hydrogen-bond donors (Lipinski definition) is 0. The molecule has 1 aliphatic rings. The second kappa shape index (κ2) is 9.13. The molecule has 0 unspecified atom stereocenters. The Balaban J connectivity index is 0.00000220. The molecule has 4 nitrogen and oxygen atoms in total. The quantitative estimate of drug-likeness (QED) is 0.775. The average Bonchev–Trinajstić information content (AvgIpc) is 2.47. The minimum atomic E-state index is 0. The highest BCUT2D eigenvalue weighted by Crippen LogP contribution is 2.11. The third-order valence-electron chi connectivity index (χ3n) is 3.51. The second-order valence-electron chi connectivity index (χ2n) is 5.01. The van der Waals surface area contributed by atoms with Gasteiger partial charge in [0.05, 0.1) is 0 Å². The zero-order valence-corrected chi connectivity index (χ0v) is 13.8. The fraction of sp³-hybridized carbons (Fsp3) is 0.533. The normalized spacial score (nSPS) is 15.4. The summed E-state index contributed by atoms with van der Waals surface area (Å²) >= 11 is 5.72. The largest absolute Gasteiger partial charge is 0.484 e. The molecule has 1 aliphatic heterocycles. The SMILES string of the molecule is Cc1ccc(OCC(=O)N2CCN(CCCl)CC2)cc1.Cl. The Bertz CT molecular complexity index is 432. The first-order valence-corrected chi connectivity index (χ1v) is 7.48. The molecule has 1 amide bonds. The fourth-order valence-corrected chi connectivity index (χ4v) is 2.45. The Kier molecular flexibility index (Phi) is 7.86. The molecule has 118 valence electrons. The van der Waals surface area contributed by atoms with E-state index in [1.165, 1.54) is 5.56 Å². The summed E-state index contributed by atoms with van der Waals surface area (Å²) in [5.74, 6) is 1.44. The van der Waals surface area contributed by atoms with Crippen LogP contribution in [0, 0.1) is 6.92 Å². The van der Waals surface area contributed by atoms with Crippen molar-refractivity contribution in [3.05, 3.63) is 29.8 Å². The molecule has 0 aromatic heterocycles. The highest BCUT2D eigenvalue weighted by atomic mass is 35.5. The summed E-state index contributed by atoms with van der Waals surface area (Å²) in [6.07, 6.45) is 0. The third kappa shape index (κ3) is 5.73. The highest BCUT2D eigenvalue weighted by Gasteiger charge is 2.20. The Morgan fingerprint density at radius 2 is 1.81 bits per heavy atom. The van der Waals surface area contributed by atoms with Crippen molar-refractivity contribution in [1.82, 2.24) is 9.80 Å². The van der Waals surface area contributed by atoms with Gasteiger partial charge in [0.1, 0.15) is 5.75 Å². The maximum absolute atomic E-state index is 12.1. The van der Waals surface area contributed by atoms with E-state index < -0.39 is 0 Å². The molecular formula is C15H22Cl2N2O2. The number of nitrogens with zero attached hydrogens (tertiary/aromatic N) is 2. The molecule has 1 heterocycles. The van der Waals surface area contributed by atoms with E-state index in [4.69, 9.17) is 16.3 Å². The standard InChI is InChI=1S/C15H21ClN2O2.ClH/c1-13-2-4-14(5-3-13)20-12-15(19)18-10-8-17(7-6-16)9-11-18;/h2-5H,6-12H2,1H3;1H. The van der Waals surface area contributed by atoms with E-state index in [9.17, 15) is 4.79 Å². The number of halogens is 2. The van der Waals surface area contributed by atoms with Crippen LogP contribution >= 0.6 is 24.0 Å². The van der Waals surface area contributed by atoms with Crippen molar-refractivity contribution in [2.24, 2.45) is 0 Å². The molecule has 0 spiro atoms. The van der Waals surface area contributed by atoms with Gasteiger partial charge in [-0.05, 0) is 19.1 Å². The summed E-state index contributed by atoms with van der Waals surface area (Å²) in [6, 6.07) is 7.73. The van der Waals surface area contributed by atoms with Crippen molar-refractivity contribution < 1.29 is 9.53 Å². The summed E-state index contributed by atoms with van der Waals surface area (Å²) < 4.78 is 5.52. The van der Waals surface area contributed by atoms with Gasteiger partial charge in [-0.2, -0.15) is 0 Å². The van der Waals surface area contributed by atoms with Gasteiger partial charge in [-0.15, -0.1) is 24.0 Å². The van der Waals surface area contributed by atoms with Crippen molar-refractivity contribution in [1.29, 1.82) is 0 Å². The molecule has 0 N–H and O–H groups in total. The number of amides is 1. The van der Waals surface area contributed by atoms with E-state index in [2.05, 4.69) is 4.90 Å². The first-order valence-electron chi connectivity index (χ1n) is 6.94. The lowest BCUT2D eigenvalue weighted by molar-refractivity contribution is -0.135. The molecule has 0 saturated carbocycles. The van der Waals surface area contributed by atoms with E-state index in [-0.39, 0.29) is 24.9 Å². The zero-order valence-electron chi connectivity index (χ0n) is 12.3. The van der Waals surface area contributed by atoms with E-state index in [1.54, 1.807) is 0 Å². The van der Waals surface area contributed by atoms with E-state index in [0.717, 1.165) is 38.5 Å². The predicted octanol–water partition coefficient (Wildman–Crippen LogP) is 2.18. The third-order valence-corrected chi connectivity index (χ3v) is 3.68. The van der Waals surface area contributed by atoms with Crippen molar-refractivity contribution >= 4 is 29.9 Å². The lowest BCUT2D eigenvalue weighted by Crippen LogP contribution is -2.50. The van der Waals surface area contributed by atoms with Crippen LogP contribution in [0.15, 0.2) is 24.3 Å². The minimum absolute atomic E-state index is 0. The van der Waals surface area contributed by atoms with Gasteiger partial charge in [-0.3, -0.25) is 9.69 Å². The van der Waals surface area contributed by atoms with Crippen LogP contribution in [0.5, 0.6) is 5.75 Å². The number of carbonyl (C=O) groups is 1. The Labute approximate surface area is 137 Å². The summed E-state index contributed by atoms with van der Waals surface area (Å²) in [6.45, 7) is 6.32. The molecule has 0 atom stereocenters. The van der Waals surface area contributed by atoms with Crippen molar-refractivity contribution in [2.45, 2.75) is 6.92 Å². The molecule has 1 saturated heterocycles. The summed E-state index contributed by atoms with van der Waals surface area (Å²) in [5.41, 5.74) is 1.18. The van der Waals surface area contributed by atoms with Gasteiger partial charge in [0.25, 0.3) is 5.91 Å². The first kappa shape index (κ1) is 18.1. The van der Waals surface area contributed by atoms with Gasteiger partial charge in [-0.1, -0.05) is 17.7 Å². The lowest BCUT2D eigenvalue weighted by atomic mass is 10.2. The first-order chi connectivity index (χ1) is 9.69. The summed E-state index contributed by atoms with van der Waals surface area (Å²) in [5, 5.41) is 0. The van der Waals surface area contributed by atoms with Gasteiger partial charge >= 0.3 is 0 Å². The molecule has 1 fully saturated rings. The maximum atomic E-state index is 12.1. The summed E-state index contributed by atoms with van der Waals surface area (Å²) in [4.78, 5) is 16.2. The average molecular weight is 333 g/mol. The van der Waals surface area contributed by atoms with Crippen LogP contribution in [-0.4, -0.2) is 60.9 Å². The number of rotatable bonds is 5. The molecular weight excluding hydrogens is 311 g/mol. The van der Waals surface area contributed by atoms with Crippen molar-refractivity contribution in [3.63, 3.8) is 0 Å². The molecule has 1 aromatic carbocycles. The van der Waals surface area contributed by atoms with Crippen LogP contribution in [0.3, 0.4) is 0 Å². The van der Waals surface area contributed by atoms with E-state index in [1.807, 2.05) is 36.1 Å². The molecule has 0 aliphatic carbocycles. The smallest absolute Gasteiger partial charge is 0.260 e. The van der Waals surface area contributed by atoms with Gasteiger partial charge in [0.2, 0.25) is 0 Å². The number of hydrogen-bond acceptors (Lipinski definition) is 3. The van der Waals surface area contributed by atoms with Crippen LogP contribution in [0.2, 0.25) is 0 Å². The number of alkyl halides is 1. The lowest BCUT2D eigenvalue weighted by Gasteiger charge is -2.34. The molecule has 0 bridgehead atoms. The van der Waals surface area contributed by atoms with Gasteiger partial charge in [0, 0.05) is 38.6 Å². The highest BCUT2D eigenvalue weighted by molar-refractivity contribution is 6.18. The molecule has 21 heavy (non-hydrogen) atoms. The number of piperazine rings is 1. The number of ether oxygens (including phenoxy) is 1. The Hall–Kier alpha value is -0.970. The molecule has 1 aromatic rings. The van der Waals surface area contributed by atoms with Gasteiger partial charge in [-0.25, -0.2) is 0 Å². The van der Waals surface area contributed by atoms with Gasteiger partial charge in [0.15, 0.2) is 6.61 Å². The molecule has 2 rings (SSSR count). The number of carbonyl (C=O) groups excluding carboxylic acids is 1. The topological polar surface area (TPSA) is 32.8 Å². The summed E-state index contributed by atoms with van der Waals surface area (Å²) in [7, 11) is 0. The second-order valence-corrected chi connectivity index (χ2v) is 5.39. The van der Waals surface area contributed by atoms with Crippen LogP contribution in [-0.2, 0) is 4.79 Å². The van der Waals surface area contributed by atoms with Crippen LogP contribution in [0.1, 0.15) is 5.56 Å². The maximum Gasteiger partial charge on any atom is 0.260 e. The molecule has 6 heteroatoms. The monoisotopic (exact) mass is 332 g/mol. The number of aryl methyl sites for hydroxylation is 1. The Morgan fingerprint density at radius 1 is 1.19 bits per heavy atom. The minimum Gasteiger partial charge on any atom is -0.484 e.